The second-order valence-corrected chi connectivity index (χ2v) is 6.84. The smallest absolute Gasteiger partial charge is 0.396 e. The van der Waals surface area contributed by atoms with Gasteiger partial charge in [-0.25, -0.2) is 14.8 Å². The lowest BCUT2D eigenvalue weighted by atomic mass is 10.2. The van der Waals surface area contributed by atoms with Crippen molar-refractivity contribution in [3.8, 4) is 0 Å². The van der Waals surface area contributed by atoms with Crippen LogP contribution in [0.25, 0.3) is 0 Å². The zero-order valence-corrected chi connectivity index (χ0v) is 16.2. The molecule has 146 valence electrons. The van der Waals surface area contributed by atoms with Crippen LogP contribution in [-0.2, 0) is 17.1 Å². The van der Waals surface area contributed by atoms with Gasteiger partial charge in [0.15, 0.2) is 5.76 Å². The van der Waals surface area contributed by atoms with Gasteiger partial charge in [-0.05, 0) is 20.8 Å². The number of aliphatic hydroxyl groups excluding tert-OH is 1. The van der Waals surface area contributed by atoms with Gasteiger partial charge in [0.2, 0.25) is 6.41 Å². The summed E-state index contributed by atoms with van der Waals surface area (Å²) in [6, 6.07) is 0. The van der Waals surface area contributed by atoms with E-state index < -0.39 is 5.82 Å². The fraction of sp³-hybridized carbons (Fsp3) is 0.412. The van der Waals surface area contributed by atoms with Gasteiger partial charge >= 0.3 is 5.82 Å². The highest BCUT2D eigenvalue weighted by Gasteiger charge is 2.16. The molecule has 9 nitrogen and oxygen atoms in total. The monoisotopic (exact) mass is 394 g/mol. The van der Waals surface area contributed by atoms with Crippen LogP contribution in [0.3, 0.4) is 0 Å². The lowest BCUT2D eigenvalue weighted by Crippen LogP contribution is -2.22. The van der Waals surface area contributed by atoms with Crippen molar-refractivity contribution in [1.82, 2.24) is 14.9 Å². The lowest BCUT2D eigenvalue weighted by Gasteiger charge is -2.22. The first-order valence-corrected chi connectivity index (χ1v) is 9.17. The van der Waals surface area contributed by atoms with Crippen molar-refractivity contribution in [3.63, 3.8) is 0 Å². The van der Waals surface area contributed by atoms with Crippen LogP contribution >= 0.6 is 11.8 Å². The molecule has 2 aromatic heterocycles. The number of nitrogen functional groups attached to an aromatic ring is 1. The van der Waals surface area contributed by atoms with E-state index in [1.807, 2.05) is 0 Å². The van der Waals surface area contributed by atoms with E-state index in [9.17, 15) is 14.7 Å². The second-order valence-electron chi connectivity index (χ2n) is 5.77. The molecule has 0 unspecified atom stereocenters. The highest BCUT2D eigenvalue weighted by atomic mass is 32.2. The summed E-state index contributed by atoms with van der Waals surface area (Å²) in [5, 5.41) is 9.37. The first-order valence-electron chi connectivity index (χ1n) is 8.18. The van der Waals surface area contributed by atoms with Gasteiger partial charge in [0.05, 0.1) is 12.3 Å². The highest BCUT2D eigenvalue weighted by Crippen LogP contribution is 2.29. The summed E-state index contributed by atoms with van der Waals surface area (Å²) >= 11 is 1.36. The SMILES string of the molecule is C/C(=C(\CCO)SCc1oc(=O)oc1C)N(C=O)Cc1cnc(C)nc1N. The van der Waals surface area contributed by atoms with Gasteiger partial charge in [-0.1, -0.05) is 0 Å². The number of nitrogens with zero attached hydrogens (tertiary/aromatic N) is 3. The minimum Gasteiger partial charge on any atom is -0.396 e. The predicted octanol–water partition coefficient (Wildman–Crippen LogP) is 1.73. The number of allylic oxidation sites excluding steroid dienone is 1. The summed E-state index contributed by atoms with van der Waals surface area (Å²) < 4.78 is 9.83. The van der Waals surface area contributed by atoms with Crippen LogP contribution in [0.15, 0.2) is 30.4 Å². The van der Waals surface area contributed by atoms with Crippen molar-refractivity contribution >= 4 is 24.0 Å². The lowest BCUT2D eigenvalue weighted by molar-refractivity contribution is -0.116. The molecular formula is C17H22N4O5S. The largest absolute Gasteiger partial charge is 0.519 e. The minimum absolute atomic E-state index is 0.0868. The van der Waals surface area contributed by atoms with Crippen LogP contribution in [0.4, 0.5) is 5.82 Å². The number of anilines is 1. The molecule has 0 aliphatic carbocycles. The molecule has 0 saturated heterocycles. The van der Waals surface area contributed by atoms with Crippen molar-refractivity contribution in [2.24, 2.45) is 0 Å². The van der Waals surface area contributed by atoms with Crippen molar-refractivity contribution in [2.45, 2.75) is 39.5 Å². The number of amides is 1. The van der Waals surface area contributed by atoms with Gasteiger partial charge in [0, 0.05) is 35.4 Å². The van der Waals surface area contributed by atoms with Crippen molar-refractivity contribution in [1.29, 1.82) is 0 Å². The van der Waals surface area contributed by atoms with Crippen LogP contribution in [0.5, 0.6) is 0 Å². The van der Waals surface area contributed by atoms with E-state index in [0.717, 1.165) is 4.91 Å². The number of rotatable bonds is 9. The van der Waals surface area contributed by atoms with E-state index in [0.29, 0.717) is 53.0 Å². The van der Waals surface area contributed by atoms with Gasteiger partial charge in [-0.2, -0.15) is 0 Å². The first kappa shape index (κ1) is 20.7. The summed E-state index contributed by atoms with van der Waals surface area (Å²) in [5.74, 6) is 1.28. The summed E-state index contributed by atoms with van der Waals surface area (Å²) in [6.07, 6.45) is 2.63. The Morgan fingerprint density at radius 2 is 2.15 bits per heavy atom. The van der Waals surface area contributed by atoms with Crippen molar-refractivity contribution in [2.75, 3.05) is 12.3 Å². The molecule has 0 atom stereocenters. The Balaban J connectivity index is 2.22. The Morgan fingerprint density at radius 1 is 1.41 bits per heavy atom. The molecule has 1 amide bonds. The Labute approximate surface area is 160 Å². The van der Waals surface area contributed by atoms with E-state index in [2.05, 4.69) is 9.97 Å². The Kier molecular flexibility index (Phi) is 7.19. The quantitative estimate of drug-likeness (QED) is 0.609. The average Bonchev–Trinajstić information content (AvgIpc) is 2.94. The number of carbonyl (C=O) groups excluding carboxylic acids is 1. The Morgan fingerprint density at radius 3 is 2.70 bits per heavy atom. The maximum absolute atomic E-state index is 11.6. The third-order valence-electron chi connectivity index (χ3n) is 3.87. The summed E-state index contributed by atoms with van der Waals surface area (Å²) in [6.45, 7) is 5.26. The molecule has 10 heteroatoms. The molecule has 0 aliphatic rings. The third kappa shape index (κ3) is 5.44. The normalized spacial score (nSPS) is 12.0. The molecule has 27 heavy (non-hydrogen) atoms. The fourth-order valence-electron chi connectivity index (χ4n) is 2.33. The number of hydrogen-bond acceptors (Lipinski definition) is 9. The summed E-state index contributed by atoms with van der Waals surface area (Å²) in [4.78, 5) is 33.2. The molecular weight excluding hydrogens is 372 g/mol. The van der Waals surface area contributed by atoms with Crippen LogP contribution in [0.1, 0.15) is 36.3 Å². The number of carbonyl (C=O) groups is 1. The Bertz CT molecular complexity index is 890. The van der Waals surface area contributed by atoms with Gasteiger partial charge in [-0.15, -0.1) is 11.8 Å². The minimum atomic E-state index is -0.753. The van der Waals surface area contributed by atoms with E-state index >= 15 is 0 Å². The molecule has 3 N–H and O–H groups in total. The number of hydrogen-bond donors (Lipinski definition) is 2. The number of aromatic nitrogens is 2. The van der Waals surface area contributed by atoms with Crippen molar-refractivity contribution < 1.29 is 18.7 Å². The molecule has 0 radical (unpaired) electrons. The summed E-state index contributed by atoms with van der Waals surface area (Å²) in [5.41, 5.74) is 7.19. The topological polar surface area (TPSA) is 136 Å². The zero-order valence-electron chi connectivity index (χ0n) is 15.4. The van der Waals surface area contributed by atoms with E-state index in [-0.39, 0.29) is 13.2 Å². The molecule has 2 heterocycles. The van der Waals surface area contributed by atoms with Gasteiger partial charge in [0.25, 0.3) is 0 Å². The molecule has 0 aromatic carbocycles. The summed E-state index contributed by atoms with van der Waals surface area (Å²) in [7, 11) is 0. The molecule has 2 aromatic rings. The number of aliphatic hydroxyl groups is 1. The van der Waals surface area contributed by atoms with Crippen molar-refractivity contribution in [3.05, 3.63) is 50.3 Å². The predicted molar refractivity (Wildman–Crippen MR) is 100 cm³/mol. The molecule has 0 saturated carbocycles. The van der Waals surface area contributed by atoms with Crippen LogP contribution in [-0.4, -0.2) is 33.0 Å². The number of aryl methyl sites for hydroxylation is 2. The third-order valence-corrected chi connectivity index (χ3v) is 5.13. The molecule has 0 bridgehead atoms. The van der Waals surface area contributed by atoms with Gasteiger partial charge < -0.3 is 24.6 Å². The molecule has 0 fully saturated rings. The van der Waals surface area contributed by atoms with E-state index in [1.165, 1.54) is 16.7 Å². The molecule has 0 spiro atoms. The molecule has 2 rings (SSSR count). The van der Waals surface area contributed by atoms with Gasteiger partial charge in [0.1, 0.15) is 17.4 Å². The van der Waals surface area contributed by atoms with Crippen LogP contribution in [0, 0.1) is 13.8 Å². The van der Waals surface area contributed by atoms with Crippen LogP contribution < -0.4 is 11.6 Å². The highest BCUT2D eigenvalue weighted by molar-refractivity contribution is 8.02. The zero-order chi connectivity index (χ0) is 20.0. The number of nitrogens with two attached hydrogens (primary N) is 1. The van der Waals surface area contributed by atoms with E-state index in [4.69, 9.17) is 14.6 Å². The maximum atomic E-state index is 11.6. The fourth-order valence-corrected chi connectivity index (χ4v) is 3.46. The second kappa shape index (κ2) is 9.38. The maximum Gasteiger partial charge on any atom is 0.519 e. The molecule has 0 aliphatic heterocycles. The van der Waals surface area contributed by atoms with E-state index in [1.54, 1.807) is 27.0 Å². The number of thioether (sulfide) groups is 1. The Hall–Kier alpha value is -2.59. The average molecular weight is 394 g/mol. The standard InChI is InChI=1S/C17H22N4O5S/c1-10(21(9-23)7-13-6-19-12(3)20-16(13)18)15(4-5-22)27-8-14-11(2)25-17(24)26-14/h6,9,22H,4-5,7-8H2,1-3H3,(H2,18,19,20)/b15-10-. The van der Waals surface area contributed by atoms with Crippen LogP contribution in [0.2, 0.25) is 0 Å². The first-order chi connectivity index (χ1) is 12.8. The van der Waals surface area contributed by atoms with Gasteiger partial charge in [-0.3, -0.25) is 4.79 Å².